The quantitative estimate of drug-likeness (QED) is 0.618. The van der Waals surface area contributed by atoms with Crippen LogP contribution in [0.1, 0.15) is 0 Å². The fraction of sp³-hybridized carbons (Fsp3) is 0. The van der Waals surface area contributed by atoms with Crippen LogP contribution in [0.3, 0.4) is 0 Å². The third-order valence-corrected chi connectivity index (χ3v) is 2.70. The number of benzene rings is 1. The molecule has 0 saturated heterocycles. The molecule has 15 heavy (non-hydrogen) atoms. The second kappa shape index (κ2) is 2.87. The van der Waals surface area contributed by atoms with E-state index >= 15 is 0 Å². The van der Waals surface area contributed by atoms with Gasteiger partial charge in [0.2, 0.25) is 0 Å². The van der Waals surface area contributed by atoms with E-state index in [-0.39, 0.29) is 5.69 Å². The highest BCUT2D eigenvalue weighted by atomic mass is 35.5. The molecule has 0 spiro atoms. The summed E-state index contributed by atoms with van der Waals surface area (Å²) in [6.07, 6.45) is 1.73. The number of aromatic nitrogens is 2. The third-order valence-electron chi connectivity index (χ3n) is 2.47. The lowest BCUT2D eigenvalue weighted by molar-refractivity contribution is 1.04. The second-order valence-electron chi connectivity index (χ2n) is 3.38. The van der Waals surface area contributed by atoms with Gasteiger partial charge in [-0.2, -0.15) is 0 Å². The normalized spacial score (nSPS) is 11.3. The van der Waals surface area contributed by atoms with Crippen molar-refractivity contribution in [3.8, 4) is 0 Å². The third kappa shape index (κ3) is 1.17. The Morgan fingerprint density at radius 1 is 1.27 bits per heavy atom. The van der Waals surface area contributed by atoms with Crippen molar-refractivity contribution in [2.75, 3.05) is 0 Å². The molecule has 3 nitrogen and oxygen atoms in total. The number of rotatable bonds is 0. The lowest BCUT2D eigenvalue weighted by Crippen LogP contribution is -2.14. The van der Waals surface area contributed by atoms with Gasteiger partial charge in [0.05, 0.1) is 11.0 Å². The van der Waals surface area contributed by atoms with Crippen LogP contribution >= 0.6 is 11.6 Å². The van der Waals surface area contributed by atoms with Gasteiger partial charge in [0.1, 0.15) is 0 Å². The van der Waals surface area contributed by atoms with E-state index < -0.39 is 0 Å². The highest BCUT2D eigenvalue weighted by Crippen LogP contribution is 2.20. The van der Waals surface area contributed by atoms with Gasteiger partial charge in [-0.3, -0.25) is 4.40 Å². The number of hydrogen-bond acceptors (Lipinski definition) is 1. The van der Waals surface area contributed by atoms with Crippen molar-refractivity contribution in [1.29, 1.82) is 0 Å². The Kier molecular flexibility index (Phi) is 1.64. The minimum Gasteiger partial charge on any atom is -0.307 e. The average molecular weight is 219 g/mol. The Balaban J connectivity index is 2.67. The van der Waals surface area contributed by atoms with Crippen LogP contribution in [0.15, 0.2) is 41.3 Å². The molecule has 3 rings (SSSR count). The van der Waals surface area contributed by atoms with Crippen LogP contribution in [0.2, 0.25) is 5.02 Å². The summed E-state index contributed by atoms with van der Waals surface area (Å²) < 4.78 is 1.57. The SMILES string of the molecule is O=c1[nH]c2ccc(Cl)cc2c2cccn12. The Morgan fingerprint density at radius 2 is 2.13 bits per heavy atom. The highest BCUT2D eigenvalue weighted by Gasteiger charge is 2.03. The zero-order valence-electron chi connectivity index (χ0n) is 7.70. The van der Waals surface area contributed by atoms with E-state index in [2.05, 4.69) is 4.98 Å². The second-order valence-corrected chi connectivity index (χ2v) is 3.82. The topological polar surface area (TPSA) is 37.3 Å². The molecule has 4 heteroatoms. The molecule has 0 fully saturated rings. The summed E-state index contributed by atoms with van der Waals surface area (Å²) in [5.74, 6) is 0. The van der Waals surface area contributed by atoms with Crippen molar-refractivity contribution in [3.63, 3.8) is 0 Å². The van der Waals surface area contributed by atoms with Gasteiger partial charge >= 0.3 is 5.69 Å². The standard InChI is InChI=1S/C11H7ClN2O/c12-7-3-4-9-8(6-7)10-2-1-5-14(10)11(15)13-9/h1-6H,(H,13,15). The smallest absolute Gasteiger partial charge is 0.307 e. The van der Waals surface area contributed by atoms with E-state index in [1.54, 1.807) is 16.7 Å². The Morgan fingerprint density at radius 3 is 3.00 bits per heavy atom. The van der Waals surface area contributed by atoms with Gasteiger partial charge in [-0.25, -0.2) is 4.79 Å². The largest absolute Gasteiger partial charge is 0.330 e. The molecular formula is C11H7ClN2O. The summed E-state index contributed by atoms with van der Waals surface area (Å²) in [7, 11) is 0. The lowest BCUT2D eigenvalue weighted by atomic mass is 10.2. The molecule has 0 aliphatic carbocycles. The first-order valence-corrected chi connectivity index (χ1v) is 4.92. The van der Waals surface area contributed by atoms with E-state index in [9.17, 15) is 4.79 Å². The van der Waals surface area contributed by atoms with Crippen LogP contribution in [-0.4, -0.2) is 9.38 Å². The van der Waals surface area contributed by atoms with Gasteiger partial charge in [-0.1, -0.05) is 11.6 Å². The predicted molar refractivity (Wildman–Crippen MR) is 60.5 cm³/mol. The van der Waals surface area contributed by atoms with Gasteiger partial charge in [0, 0.05) is 16.6 Å². The first-order chi connectivity index (χ1) is 7.25. The van der Waals surface area contributed by atoms with Gasteiger partial charge in [-0.05, 0) is 30.3 Å². The molecule has 3 aromatic rings. The van der Waals surface area contributed by atoms with Crippen molar-refractivity contribution in [3.05, 3.63) is 52.0 Å². The molecule has 0 bridgehead atoms. The molecule has 1 aromatic carbocycles. The molecule has 0 unspecified atom stereocenters. The molecule has 0 saturated carbocycles. The Hall–Kier alpha value is -1.74. The van der Waals surface area contributed by atoms with Crippen LogP contribution in [0.4, 0.5) is 0 Å². The number of halogens is 1. The maximum atomic E-state index is 11.6. The molecule has 0 atom stereocenters. The van der Waals surface area contributed by atoms with Crippen LogP contribution in [0, 0.1) is 0 Å². The molecule has 0 amide bonds. The number of hydrogen-bond donors (Lipinski definition) is 1. The molecule has 1 N–H and O–H groups in total. The maximum absolute atomic E-state index is 11.6. The molecule has 0 aliphatic heterocycles. The fourth-order valence-corrected chi connectivity index (χ4v) is 1.96. The number of aromatic amines is 1. The fourth-order valence-electron chi connectivity index (χ4n) is 1.79. The summed E-state index contributed by atoms with van der Waals surface area (Å²) in [6, 6.07) is 9.16. The monoisotopic (exact) mass is 218 g/mol. The Labute approximate surface area is 89.9 Å². The first kappa shape index (κ1) is 8.56. The van der Waals surface area contributed by atoms with E-state index in [0.717, 1.165) is 16.4 Å². The molecule has 74 valence electrons. The number of nitrogens with one attached hydrogen (secondary N) is 1. The number of H-pyrrole nitrogens is 1. The molecular weight excluding hydrogens is 212 g/mol. The molecule has 0 radical (unpaired) electrons. The average Bonchev–Trinajstić information content (AvgIpc) is 2.69. The van der Waals surface area contributed by atoms with Crippen LogP contribution in [0.25, 0.3) is 16.4 Å². The van der Waals surface area contributed by atoms with Gasteiger partial charge < -0.3 is 4.98 Å². The highest BCUT2D eigenvalue weighted by molar-refractivity contribution is 6.31. The summed E-state index contributed by atoms with van der Waals surface area (Å²) >= 11 is 5.92. The number of nitrogens with zero attached hydrogens (tertiary/aromatic N) is 1. The number of fused-ring (bicyclic) bond motifs is 3. The minimum absolute atomic E-state index is 0.134. The van der Waals surface area contributed by atoms with Crippen LogP contribution in [-0.2, 0) is 0 Å². The summed E-state index contributed by atoms with van der Waals surface area (Å²) in [5.41, 5.74) is 1.54. The van der Waals surface area contributed by atoms with Crippen LogP contribution < -0.4 is 5.69 Å². The minimum atomic E-state index is -0.134. The van der Waals surface area contributed by atoms with E-state index in [1.807, 2.05) is 24.3 Å². The van der Waals surface area contributed by atoms with Crippen molar-refractivity contribution in [2.45, 2.75) is 0 Å². The Bertz CT molecular complexity index is 711. The van der Waals surface area contributed by atoms with Crippen LogP contribution in [0.5, 0.6) is 0 Å². The summed E-state index contributed by atoms with van der Waals surface area (Å²) in [5, 5.41) is 1.62. The van der Waals surface area contributed by atoms with Crippen molar-refractivity contribution >= 4 is 28.0 Å². The zero-order chi connectivity index (χ0) is 10.4. The van der Waals surface area contributed by atoms with Crippen molar-refractivity contribution in [1.82, 2.24) is 9.38 Å². The molecule has 0 aliphatic rings. The van der Waals surface area contributed by atoms with E-state index in [0.29, 0.717) is 5.02 Å². The van der Waals surface area contributed by atoms with Crippen molar-refractivity contribution < 1.29 is 0 Å². The van der Waals surface area contributed by atoms with E-state index in [1.165, 1.54) is 0 Å². The van der Waals surface area contributed by atoms with Crippen molar-refractivity contribution in [2.24, 2.45) is 0 Å². The van der Waals surface area contributed by atoms with Gasteiger partial charge in [0.15, 0.2) is 0 Å². The first-order valence-electron chi connectivity index (χ1n) is 4.54. The van der Waals surface area contributed by atoms with E-state index in [4.69, 9.17) is 11.6 Å². The summed E-state index contributed by atoms with van der Waals surface area (Å²) in [4.78, 5) is 14.4. The lowest BCUT2D eigenvalue weighted by Gasteiger charge is -2.01. The zero-order valence-corrected chi connectivity index (χ0v) is 8.45. The summed E-state index contributed by atoms with van der Waals surface area (Å²) in [6.45, 7) is 0. The molecule has 2 heterocycles. The predicted octanol–water partition coefficient (Wildman–Crippen LogP) is 2.43. The molecule has 2 aromatic heterocycles. The van der Waals surface area contributed by atoms with Gasteiger partial charge in [0.25, 0.3) is 0 Å². The maximum Gasteiger partial charge on any atom is 0.330 e. The van der Waals surface area contributed by atoms with Gasteiger partial charge in [-0.15, -0.1) is 0 Å².